The quantitative estimate of drug-likeness (QED) is 0.450. The third kappa shape index (κ3) is 0.293. The number of alkyl halides is 1. The summed E-state index contributed by atoms with van der Waals surface area (Å²) in [6, 6.07) is 0. The third-order valence-electron chi connectivity index (χ3n) is 3.99. The Balaban J connectivity index is 2.02. The normalized spacial score (nSPS) is 68.5. The van der Waals surface area contributed by atoms with Crippen LogP contribution in [0.1, 0.15) is 19.3 Å². The highest BCUT2D eigenvalue weighted by Gasteiger charge is 2.95. The first-order valence-electron chi connectivity index (χ1n) is 4.11. The van der Waals surface area contributed by atoms with Gasteiger partial charge in [0.2, 0.25) is 0 Å². The van der Waals surface area contributed by atoms with Crippen LogP contribution >= 0.6 is 15.9 Å². The van der Waals surface area contributed by atoms with E-state index < -0.39 is 0 Å². The Bertz CT molecular complexity index is 207. The Morgan fingerprint density at radius 1 is 1.40 bits per heavy atom. The Kier molecular flexibility index (Phi) is 0.734. The van der Waals surface area contributed by atoms with E-state index in [0.717, 1.165) is 11.8 Å². The van der Waals surface area contributed by atoms with Gasteiger partial charge in [-0.2, -0.15) is 0 Å². The number of hydrogen-bond donors (Lipinski definition) is 0. The fraction of sp³-hybridized carbons (Fsp3) is 0.778. The molecule has 0 N–H and O–H groups in total. The largest absolute Gasteiger partial charge is 0.102 e. The molecule has 3 saturated carbocycles. The summed E-state index contributed by atoms with van der Waals surface area (Å²) in [5, 5.41) is 0. The molecule has 10 heavy (non-hydrogen) atoms. The van der Waals surface area contributed by atoms with Crippen molar-refractivity contribution in [3.63, 3.8) is 0 Å². The first kappa shape index (κ1) is 5.82. The molecule has 0 radical (unpaired) electrons. The van der Waals surface area contributed by atoms with Crippen molar-refractivity contribution in [2.75, 3.05) is 0 Å². The molecule has 0 aromatic carbocycles. The first-order chi connectivity index (χ1) is 4.78. The highest BCUT2D eigenvalue weighted by molar-refractivity contribution is 9.10. The molecule has 0 aliphatic heterocycles. The Hall–Kier alpha value is 0.220. The predicted octanol–water partition coefficient (Wildman–Crippen LogP) is 2.74. The van der Waals surface area contributed by atoms with Crippen molar-refractivity contribution in [1.29, 1.82) is 0 Å². The second-order valence-electron chi connectivity index (χ2n) is 3.94. The topological polar surface area (TPSA) is 0 Å². The molecule has 0 nitrogen and oxygen atoms in total. The van der Waals surface area contributed by atoms with Crippen LogP contribution in [0.3, 0.4) is 0 Å². The van der Waals surface area contributed by atoms with E-state index in [1.165, 1.54) is 19.3 Å². The van der Waals surface area contributed by atoms with E-state index in [4.69, 9.17) is 0 Å². The summed E-state index contributed by atoms with van der Waals surface area (Å²) < 4.78 is 0.569. The number of rotatable bonds is 1. The van der Waals surface area contributed by atoms with Gasteiger partial charge >= 0.3 is 0 Å². The second-order valence-corrected chi connectivity index (χ2v) is 5.25. The minimum atomic E-state index is 0.569. The van der Waals surface area contributed by atoms with Crippen molar-refractivity contribution >= 4 is 15.9 Å². The zero-order valence-corrected chi connectivity index (χ0v) is 7.52. The van der Waals surface area contributed by atoms with Crippen molar-refractivity contribution in [3.05, 3.63) is 12.7 Å². The maximum Gasteiger partial charge on any atom is 0.0428 e. The minimum absolute atomic E-state index is 0.569. The van der Waals surface area contributed by atoms with E-state index in [-0.39, 0.29) is 0 Å². The van der Waals surface area contributed by atoms with Crippen LogP contribution in [0, 0.1) is 17.3 Å². The van der Waals surface area contributed by atoms with Gasteiger partial charge in [0.1, 0.15) is 0 Å². The predicted molar refractivity (Wildman–Crippen MR) is 45.1 cm³/mol. The van der Waals surface area contributed by atoms with Crippen LogP contribution in [0.15, 0.2) is 12.7 Å². The van der Waals surface area contributed by atoms with Gasteiger partial charge < -0.3 is 0 Å². The van der Waals surface area contributed by atoms with E-state index in [2.05, 4.69) is 28.6 Å². The molecule has 3 aliphatic carbocycles. The molecule has 0 spiro atoms. The minimum Gasteiger partial charge on any atom is -0.102 e. The van der Waals surface area contributed by atoms with Gasteiger partial charge in [-0.3, -0.25) is 0 Å². The lowest BCUT2D eigenvalue weighted by atomic mass is 9.83. The molecule has 54 valence electrons. The van der Waals surface area contributed by atoms with Gasteiger partial charge in [-0.15, -0.1) is 6.58 Å². The third-order valence-corrected chi connectivity index (χ3v) is 5.78. The molecule has 2 unspecified atom stereocenters. The van der Waals surface area contributed by atoms with Gasteiger partial charge in [-0.25, -0.2) is 0 Å². The molecule has 0 amide bonds. The summed E-state index contributed by atoms with van der Waals surface area (Å²) in [5.41, 5.74) is 0.589. The maximum atomic E-state index is 3.93. The van der Waals surface area contributed by atoms with Gasteiger partial charge in [0.15, 0.2) is 0 Å². The Morgan fingerprint density at radius 3 is 2.30 bits per heavy atom. The molecule has 0 heterocycles. The first-order valence-corrected chi connectivity index (χ1v) is 4.90. The lowest BCUT2D eigenvalue weighted by Gasteiger charge is -2.24. The van der Waals surface area contributed by atoms with Crippen molar-refractivity contribution in [2.24, 2.45) is 17.3 Å². The lowest BCUT2D eigenvalue weighted by Crippen LogP contribution is -2.18. The van der Waals surface area contributed by atoms with Crippen LogP contribution in [0.25, 0.3) is 0 Å². The second kappa shape index (κ2) is 1.26. The molecule has 0 aromatic rings. The van der Waals surface area contributed by atoms with E-state index in [0.29, 0.717) is 9.74 Å². The molecule has 2 atom stereocenters. The molecule has 0 bridgehead atoms. The number of allylic oxidation sites excluding steroid dienone is 1. The fourth-order valence-electron chi connectivity index (χ4n) is 3.43. The van der Waals surface area contributed by atoms with Gasteiger partial charge in [0.05, 0.1) is 0 Å². The molecule has 0 saturated heterocycles. The van der Waals surface area contributed by atoms with E-state index in [1.807, 2.05) is 0 Å². The summed E-state index contributed by atoms with van der Waals surface area (Å²) in [4.78, 5) is 0. The molecular formula is C9H11Br. The Morgan fingerprint density at radius 2 is 2.00 bits per heavy atom. The molecule has 3 fully saturated rings. The molecular weight excluding hydrogens is 188 g/mol. The van der Waals surface area contributed by atoms with Crippen LogP contribution in [0.4, 0.5) is 0 Å². The van der Waals surface area contributed by atoms with Crippen LogP contribution in [-0.4, -0.2) is 4.32 Å². The summed E-state index contributed by atoms with van der Waals surface area (Å²) in [5.74, 6) is 1.94. The smallest absolute Gasteiger partial charge is 0.0428 e. The highest BCUT2D eigenvalue weighted by atomic mass is 79.9. The van der Waals surface area contributed by atoms with Gasteiger partial charge in [0, 0.05) is 9.74 Å². The molecule has 3 aliphatic rings. The van der Waals surface area contributed by atoms with E-state index in [1.54, 1.807) is 0 Å². The van der Waals surface area contributed by atoms with Crippen molar-refractivity contribution < 1.29 is 0 Å². The molecule has 3 rings (SSSR count). The SMILES string of the molecule is C=CC12C3CCCC1C32Br. The zero-order valence-electron chi connectivity index (χ0n) is 5.94. The fourth-order valence-corrected chi connectivity index (χ4v) is 5.13. The highest BCUT2D eigenvalue weighted by Crippen LogP contribution is 2.95. The van der Waals surface area contributed by atoms with Crippen LogP contribution in [-0.2, 0) is 0 Å². The Labute approximate surface area is 69.8 Å². The van der Waals surface area contributed by atoms with Crippen LogP contribution in [0.2, 0.25) is 0 Å². The van der Waals surface area contributed by atoms with Crippen molar-refractivity contribution in [2.45, 2.75) is 23.6 Å². The molecule has 1 heteroatoms. The summed E-state index contributed by atoms with van der Waals surface area (Å²) in [6.07, 6.45) is 6.54. The van der Waals surface area contributed by atoms with Gasteiger partial charge in [-0.1, -0.05) is 28.4 Å². The monoisotopic (exact) mass is 198 g/mol. The van der Waals surface area contributed by atoms with Crippen molar-refractivity contribution in [3.8, 4) is 0 Å². The number of fused-ring (bicyclic) bond motifs is 2. The van der Waals surface area contributed by atoms with Crippen molar-refractivity contribution in [1.82, 2.24) is 0 Å². The number of halogens is 1. The average molecular weight is 199 g/mol. The summed E-state index contributed by atoms with van der Waals surface area (Å²) >= 11 is 3.85. The van der Waals surface area contributed by atoms with Crippen LogP contribution < -0.4 is 0 Å². The molecule has 0 aromatic heterocycles. The van der Waals surface area contributed by atoms with E-state index in [9.17, 15) is 0 Å². The van der Waals surface area contributed by atoms with Gasteiger partial charge in [-0.05, 0) is 24.7 Å². The van der Waals surface area contributed by atoms with Crippen LogP contribution in [0.5, 0.6) is 0 Å². The zero-order chi connectivity index (χ0) is 6.98. The van der Waals surface area contributed by atoms with E-state index >= 15 is 0 Å². The number of hydrogen-bond acceptors (Lipinski definition) is 0. The maximum absolute atomic E-state index is 3.93. The lowest BCUT2D eigenvalue weighted by molar-refractivity contribution is 0.313. The van der Waals surface area contributed by atoms with Gasteiger partial charge in [0.25, 0.3) is 0 Å². The average Bonchev–Trinajstić information content (AvgIpc) is 2.75. The summed E-state index contributed by atoms with van der Waals surface area (Å²) in [7, 11) is 0. The standard InChI is InChI=1S/C9H11Br/c1-2-8-6-4-3-5-7(8)9(6,8)10/h2,6-7H,1,3-5H2. The summed E-state index contributed by atoms with van der Waals surface area (Å²) in [6.45, 7) is 3.93.